The van der Waals surface area contributed by atoms with Crippen molar-refractivity contribution in [2.45, 2.75) is 0 Å². The highest BCUT2D eigenvalue weighted by molar-refractivity contribution is 6.45. The van der Waals surface area contributed by atoms with Crippen LogP contribution in [-0.2, 0) is 4.79 Å². The number of allylic oxidation sites excluding steroid dienone is 4. The number of nitrogens with zero attached hydrogens (tertiary/aromatic N) is 1. The van der Waals surface area contributed by atoms with Crippen molar-refractivity contribution in [3.8, 4) is 0 Å². The number of rotatable bonds is 1. The normalized spacial score (nSPS) is 19.1. The zero-order chi connectivity index (χ0) is 7.84. The molecule has 0 spiro atoms. The fourth-order valence-electron chi connectivity index (χ4n) is 1.14. The highest BCUT2D eigenvalue weighted by atomic mass is 16.4. The van der Waals surface area contributed by atoms with E-state index in [1.165, 1.54) is 0 Å². The lowest BCUT2D eigenvalue weighted by atomic mass is 10.1. The van der Waals surface area contributed by atoms with E-state index in [0.717, 1.165) is 11.1 Å². The number of aliphatic imine (C=N–C) groups is 1. The quantitative estimate of drug-likeness (QED) is 0.599. The molecule has 0 unspecified atom stereocenters. The van der Waals surface area contributed by atoms with Crippen LogP contribution in [-0.4, -0.2) is 16.8 Å². The van der Waals surface area contributed by atoms with Crippen LogP contribution in [0.3, 0.4) is 0 Å². The molecule has 1 aliphatic carbocycles. The number of carboxylic acids is 1. The van der Waals surface area contributed by atoms with Crippen LogP contribution in [0.25, 0.3) is 0 Å². The first-order chi connectivity index (χ1) is 5.29. The maximum atomic E-state index is 10.5. The van der Waals surface area contributed by atoms with Crippen LogP contribution in [0, 0.1) is 0 Å². The van der Waals surface area contributed by atoms with Crippen molar-refractivity contribution in [3.63, 3.8) is 0 Å². The van der Waals surface area contributed by atoms with Crippen LogP contribution in [0.2, 0.25) is 0 Å². The molecule has 1 N–H and O–H groups in total. The summed E-state index contributed by atoms with van der Waals surface area (Å²) in [6, 6.07) is 0. The summed E-state index contributed by atoms with van der Waals surface area (Å²) < 4.78 is 0. The molecule has 0 aromatic rings. The number of hydrogen-bond acceptors (Lipinski definition) is 2. The molecule has 11 heavy (non-hydrogen) atoms. The lowest BCUT2D eigenvalue weighted by Gasteiger charge is -1.94. The maximum Gasteiger partial charge on any atom is 0.355 e. The van der Waals surface area contributed by atoms with E-state index in [2.05, 4.69) is 4.99 Å². The van der Waals surface area contributed by atoms with Crippen molar-refractivity contribution in [2.75, 3.05) is 0 Å². The molecule has 3 heteroatoms. The van der Waals surface area contributed by atoms with Crippen molar-refractivity contribution in [1.82, 2.24) is 0 Å². The van der Waals surface area contributed by atoms with E-state index >= 15 is 0 Å². The first-order valence-electron chi connectivity index (χ1n) is 3.19. The molecule has 0 fully saturated rings. The fourth-order valence-corrected chi connectivity index (χ4v) is 1.14. The van der Waals surface area contributed by atoms with Crippen LogP contribution < -0.4 is 0 Å². The van der Waals surface area contributed by atoms with Crippen molar-refractivity contribution < 1.29 is 9.90 Å². The van der Waals surface area contributed by atoms with Crippen molar-refractivity contribution in [2.24, 2.45) is 4.99 Å². The number of carbonyl (C=O) groups is 1. The first-order valence-corrected chi connectivity index (χ1v) is 3.19. The van der Waals surface area contributed by atoms with E-state index in [9.17, 15) is 4.79 Å². The summed E-state index contributed by atoms with van der Waals surface area (Å²) >= 11 is 0. The third-order valence-electron chi connectivity index (χ3n) is 1.64. The first kappa shape index (κ1) is 6.09. The van der Waals surface area contributed by atoms with E-state index in [-0.39, 0.29) is 5.71 Å². The van der Waals surface area contributed by atoms with E-state index in [4.69, 9.17) is 5.11 Å². The van der Waals surface area contributed by atoms with E-state index in [1.54, 1.807) is 12.3 Å². The Kier molecular flexibility index (Phi) is 1.06. The number of fused-ring (bicyclic) bond motifs is 1. The van der Waals surface area contributed by atoms with Gasteiger partial charge in [-0.15, -0.1) is 0 Å². The molecule has 0 aromatic carbocycles. The van der Waals surface area contributed by atoms with E-state index in [1.807, 2.05) is 12.2 Å². The Morgan fingerprint density at radius 3 is 3.09 bits per heavy atom. The summed E-state index contributed by atoms with van der Waals surface area (Å²) in [7, 11) is 0. The van der Waals surface area contributed by atoms with Crippen molar-refractivity contribution in [3.05, 3.63) is 35.6 Å². The summed E-state index contributed by atoms with van der Waals surface area (Å²) in [6.07, 6.45) is 6.98. The Morgan fingerprint density at radius 2 is 2.36 bits per heavy atom. The van der Waals surface area contributed by atoms with Gasteiger partial charge in [-0.2, -0.15) is 0 Å². The van der Waals surface area contributed by atoms with Gasteiger partial charge < -0.3 is 5.11 Å². The summed E-state index contributed by atoms with van der Waals surface area (Å²) in [5, 5.41) is 8.63. The van der Waals surface area contributed by atoms with Gasteiger partial charge in [-0.05, 0) is 0 Å². The molecular weight excluding hydrogens is 142 g/mol. The third-order valence-corrected chi connectivity index (χ3v) is 1.64. The monoisotopic (exact) mass is 147 g/mol. The SMILES string of the molecule is O=C(O)C1=NC=C2C=CC=C21. The molecule has 0 bridgehead atoms. The van der Waals surface area contributed by atoms with Crippen molar-refractivity contribution >= 4 is 11.7 Å². The predicted octanol–water partition coefficient (Wildman–Crippen LogP) is 0.906. The van der Waals surface area contributed by atoms with Crippen LogP contribution in [0.15, 0.2) is 40.6 Å². The maximum absolute atomic E-state index is 10.5. The van der Waals surface area contributed by atoms with Gasteiger partial charge >= 0.3 is 5.97 Å². The van der Waals surface area contributed by atoms with Crippen LogP contribution >= 0.6 is 0 Å². The van der Waals surface area contributed by atoms with Gasteiger partial charge in [0.25, 0.3) is 0 Å². The molecule has 0 saturated heterocycles. The second-order valence-corrected chi connectivity index (χ2v) is 2.31. The van der Waals surface area contributed by atoms with Gasteiger partial charge in [-0.3, -0.25) is 0 Å². The number of carboxylic acid groups (broad SMARTS) is 1. The Labute approximate surface area is 63.1 Å². The highest BCUT2D eigenvalue weighted by Gasteiger charge is 2.22. The van der Waals surface area contributed by atoms with Gasteiger partial charge in [0, 0.05) is 17.3 Å². The largest absolute Gasteiger partial charge is 0.476 e. The van der Waals surface area contributed by atoms with Crippen LogP contribution in [0.5, 0.6) is 0 Å². The Hall–Kier alpha value is -1.64. The minimum absolute atomic E-state index is 0.144. The van der Waals surface area contributed by atoms with Gasteiger partial charge in [0.05, 0.1) is 0 Å². The zero-order valence-corrected chi connectivity index (χ0v) is 5.61. The Balaban J connectivity index is 2.41. The number of aliphatic carboxylic acids is 1. The third kappa shape index (κ3) is 0.741. The summed E-state index contributed by atoms with van der Waals surface area (Å²) in [4.78, 5) is 14.3. The smallest absolute Gasteiger partial charge is 0.355 e. The molecule has 0 radical (unpaired) electrons. The average molecular weight is 147 g/mol. The minimum atomic E-state index is -0.966. The highest BCUT2D eigenvalue weighted by Crippen LogP contribution is 2.24. The zero-order valence-electron chi connectivity index (χ0n) is 5.61. The molecule has 2 aliphatic rings. The molecule has 0 saturated carbocycles. The van der Waals surface area contributed by atoms with Gasteiger partial charge in [0.1, 0.15) is 0 Å². The molecule has 2 rings (SSSR count). The lowest BCUT2D eigenvalue weighted by Crippen LogP contribution is -2.12. The summed E-state index contributed by atoms with van der Waals surface area (Å²) in [5.74, 6) is -0.966. The Bertz CT molecular complexity index is 345. The molecule has 54 valence electrons. The van der Waals surface area contributed by atoms with Crippen LogP contribution in [0.1, 0.15) is 0 Å². The molecular formula is C8H5NO2. The molecule has 3 nitrogen and oxygen atoms in total. The topological polar surface area (TPSA) is 49.7 Å². The summed E-state index contributed by atoms with van der Waals surface area (Å²) in [6.45, 7) is 0. The molecule has 1 aliphatic heterocycles. The van der Waals surface area contributed by atoms with Gasteiger partial charge in [0.15, 0.2) is 5.71 Å². The molecule has 0 aromatic heterocycles. The van der Waals surface area contributed by atoms with E-state index in [0.29, 0.717) is 0 Å². The standard InChI is InChI=1S/C8H5NO2/c10-8(11)7-6-3-1-2-5(6)4-9-7/h1-4H,(H,10,11). The molecule has 0 amide bonds. The van der Waals surface area contributed by atoms with Crippen molar-refractivity contribution in [1.29, 1.82) is 0 Å². The summed E-state index contributed by atoms with van der Waals surface area (Å²) in [5.41, 5.74) is 1.75. The molecule has 1 heterocycles. The molecule has 0 atom stereocenters. The number of hydrogen-bond donors (Lipinski definition) is 1. The Morgan fingerprint density at radius 1 is 1.55 bits per heavy atom. The fraction of sp³-hybridized carbons (Fsp3) is 0. The second kappa shape index (κ2) is 1.92. The van der Waals surface area contributed by atoms with E-state index < -0.39 is 5.97 Å². The minimum Gasteiger partial charge on any atom is -0.476 e. The average Bonchev–Trinajstić information content (AvgIpc) is 2.41. The van der Waals surface area contributed by atoms with Gasteiger partial charge in [0.2, 0.25) is 0 Å². The van der Waals surface area contributed by atoms with Gasteiger partial charge in [-0.1, -0.05) is 18.2 Å². The van der Waals surface area contributed by atoms with Crippen LogP contribution in [0.4, 0.5) is 0 Å². The predicted molar refractivity (Wildman–Crippen MR) is 40.4 cm³/mol. The van der Waals surface area contributed by atoms with Gasteiger partial charge in [-0.25, -0.2) is 9.79 Å². The lowest BCUT2D eigenvalue weighted by molar-refractivity contribution is -0.129. The second-order valence-electron chi connectivity index (χ2n) is 2.31.